The van der Waals surface area contributed by atoms with Gasteiger partial charge < -0.3 is 4.90 Å². The van der Waals surface area contributed by atoms with E-state index in [9.17, 15) is 9.59 Å². The molecule has 1 fully saturated rings. The van der Waals surface area contributed by atoms with Gasteiger partial charge in [0.15, 0.2) is 0 Å². The van der Waals surface area contributed by atoms with Gasteiger partial charge in [-0.05, 0) is 19.6 Å². The molecule has 4 nitrogen and oxygen atoms in total. The number of urea groups is 1. The zero-order valence-electron chi connectivity index (χ0n) is 8.79. The Labute approximate surface area is 88.4 Å². The van der Waals surface area contributed by atoms with Crippen molar-refractivity contribution in [3.8, 4) is 0 Å². The number of imide groups is 1. The first-order valence-electron chi connectivity index (χ1n) is 4.71. The van der Waals surface area contributed by atoms with Crippen molar-refractivity contribution >= 4 is 23.7 Å². The fourth-order valence-corrected chi connectivity index (χ4v) is 1.98. The van der Waals surface area contributed by atoms with Crippen LogP contribution in [-0.4, -0.2) is 40.4 Å². The van der Waals surface area contributed by atoms with Crippen molar-refractivity contribution in [2.45, 2.75) is 26.3 Å². The first-order chi connectivity index (χ1) is 6.50. The summed E-state index contributed by atoms with van der Waals surface area (Å²) in [5.41, 5.74) is -0.689. The van der Waals surface area contributed by atoms with Gasteiger partial charge >= 0.3 is 6.03 Å². The van der Waals surface area contributed by atoms with Crippen LogP contribution in [0.4, 0.5) is 4.79 Å². The molecule has 80 valence electrons. The van der Waals surface area contributed by atoms with Crippen LogP contribution in [0.2, 0.25) is 0 Å². The van der Waals surface area contributed by atoms with Crippen LogP contribution in [0.1, 0.15) is 20.8 Å². The molecule has 3 amide bonds. The Kier molecular flexibility index (Phi) is 3.42. The molecule has 0 aromatic rings. The van der Waals surface area contributed by atoms with Crippen molar-refractivity contribution in [2.75, 3.05) is 18.1 Å². The number of carbonyl (C=O) groups excluding carboxylic acids is 2. The molecule has 1 aliphatic heterocycles. The van der Waals surface area contributed by atoms with Gasteiger partial charge in [0.05, 0.1) is 0 Å². The molecular formula is C9H16N2O2S. The normalized spacial score (nSPS) is 20.1. The number of nitrogens with zero attached hydrogens (tertiary/aromatic N) is 1. The van der Waals surface area contributed by atoms with Crippen molar-refractivity contribution in [2.24, 2.45) is 0 Å². The standard InChI is InChI=1S/C9H16N2O2S/c1-4-14-6-5-11-8(13)10-7(12)9(11,2)3/h4-6H2,1-3H3,(H,10,12,13). The van der Waals surface area contributed by atoms with Crippen LogP contribution in [0.3, 0.4) is 0 Å². The molecule has 1 N–H and O–H groups in total. The van der Waals surface area contributed by atoms with Gasteiger partial charge in [0.25, 0.3) is 5.91 Å². The summed E-state index contributed by atoms with van der Waals surface area (Å²) >= 11 is 1.77. The molecule has 0 radical (unpaired) electrons. The maximum Gasteiger partial charge on any atom is 0.325 e. The zero-order valence-corrected chi connectivity index (χ0v) is 9.61. The number of rotatable bonds is 4. The van der Waals surface area contributed by atoms with Crippen LogP contribution >= 0.6 is 11.8 Å². The third-order valence-electron chi connectivity index (χ3n) is 2.36. The lowest BCUT2D eigenvalue weighted by Crippen LogP contribution is -2.45. The highest BCUT2D eigenvalue weighted by Gasteiger charge is 2.44. The molecule has 1 rings (SSSR count). The van der Waals surface area contributed by atoms with Crippen LogP contribution in [0.25, 0.3) is 0 Å². The first-order valence-corrected chi connectivity index (χ1v) is 5.86. The average molecular weight is 216 g/mol. The van der Waals surface area contributed by atoms with Crippen LogP contribution in [0.5, 0.6) is 0 Å². The van der Waals surface area contributed by atoms with E-state index in [-0.39, 0.29) is 11.9 Å². The molecule has 5 heteroatoms. The summed E-state index contributed by atoms with van der Waals surface area (Å²) in [7, 11) is 0. The Hall–Kier alpha value is -0.710. The molecule has 1 heterocycles. The molecule has 0 bridgehead atoms. The highest BCUT2D eigenvalue weighted by atomic mass is 32.2. The molecule has 0 aromatic heterocycles. The predicted molar refractivity (Wildman–Crippen MR) is 57.3 cm³/mol. The van der Waals surface area contributed by atoms with E-state index in [0.717, 1.165) is 11.5 Å². The maximum atomic E-state index is 11.4. The Balaban J connectivity index is 2.58. The number of amides is 3. The number of carbonyl (C=O) groups is 2. The molecular weight excluding hydrogens is 200 g/mol. The maximum absolute atomic E-state index is 11.4. The van der Waals surface area contributed by atoms with Crippen LogP contribution in [-0.2, 0) is 4.79 Å². The quantitative estimate of drug-likeness (QED) is 0.565. The van der Waals surface area contributed by atoms with E-state index >= 15 is 0 Å². The zero-order chi connectivity index (χ0) is 10.8. The van der Waals surface area contributed by atoms with Crippen molar-refractivity contribution < 1.29 is 9.59 Å². The molecule has 0 aliphatic carbocycles. The van der Waals surface area contributed by atoms with Crippen LogP contribution in [0, 0.1) is 0 Å². The molecule has 1 aliphatic rings. The topological polar surface area (TPSA) is 49.4 Å². The van der Waals surface area contributed by atoms with Gasteiger partial charge in [0.2, 0.25) is 0 Å². The summed E-state index contributed by atoms with van der Waals surface area (Å²) in [5, 5.41) is 2.32. The highest BCUT2D eigenvalue weighted by Crippen LogP contribution is 2.20. The summed E-state index contributed by atoms with van der Waals surface area (Å²) in [4.78, 5) is 24.3. The van der Waals surface area contributed by atoms with Crippen LogP contribution < -0.4 is 5.32 Å². The van der Waals surface area contributed by atoms with E-state index in [1.807, 2.05) is 0 Å². The summed E-state index contributed by atoms with van der Waals surface area (Å²) in [5.74, 6) is 1.70. The van der Waals surface area contributed by atoms with Gasteiger partial charge in [-0.1, -0.05) is 6.92 Å². The minimum Gasteiger partial charge on any atom is -0.309 e. The molecule has 14 heavy (non-hydrogen) atoms. The first kappa shape index (κ1) is 11.4. The third-order valence-corrected chi connectivity index (χ3v) is 3.24. The Morgan fingerprint density at radius 1 is 1.43 bits per heavy atom. The number of thioether (sulfide) groups is 1. The second kappa shape index (κ2) is 4.21. The van der Waals surface area contributed by atoms with Gasteiger partial charge in [-0.3, -0.25) is 10.1 Å². The minimum absolute atomic E-state index is 0.205. The second-order valence-corrected chi connectivity index (χ2v) is 5.06. The lowest BCUT2D eigenvalue weighted by Gasteiger charge is -2.27. The van der Waals surface area contributed by atoms with E-state index in [2.05, 4.69) is 12.2 Å². The summed E-state index contributed by atoms with van der Waals surface area (Å²) in [6, 6.07) is -0.267. The van der Waals surface area contributed by atoms with Gasteiger partial charge in [0, 0.05) is 12.3 Å². The summed E-state index contributed by atoms with van der Waals surface area (Å²) in [6.07, 6.45) is 0. The third kappa shape index (κ3) is 2.03. The lowest BCUT2D eigenvalue weighted by molar-refractivity contribution is -0.125. The minimum atomic E-state index is -0.689. The smallest absolute Gasteiger partial charge is 0.309 e. The van der Waals surface area contributed by atoms with Gasteiger partial charge in [-0.15, -0.1) is 0 Å². The van der Waals surface area contributed by atoms with E-state index in [0.29, 0.717) is 6.54 Å². The van der Waals surface area contributed by atoms with E-state index in [1.165, 1.54) is 0 Å². The van der Waals surface area contributed by atoms with Gasteiger partial charge in [0.1, 0.15) is 5.54 Å². The largest absolute Gasteiger partial charge is 0.325 e. The number of hydrogen-bond donors (Lipinski definition) is 1. The van der Waals surface area contributed by atoms with Crippen molar-refractivity contribution in [1.82, 2.24) is 10.2 Å². The molecule has 0 aromatic carbocycles. The molecule has 1 saturated heterocycles. The lowest BCUT2D eigenvalue weighted by atomic mass is 10.1. The van der Waals surface area contributed by atoms with E-state index in [1.54, 1.807) is 30.5 Å². The Morgan fingerprint density at radius 3 is 2.50 bits per heavy atom. The van der Waals surface area contributed by atoms with E-state index < -0.39 is 5.54 Å². The average Bonchev–Trinajstić information content (AvgIpc) is 2.28. The summed E-state index contributed by atoms with van der Waals surface area (Å²) < 4.78 is 0. The summed E-state index contributed by atoms with van der Waals surface area (Å²) in [6.45, 7) is 6.24. The molecule has 0 saturated carbocycles. The molecule has 0 atom stereocenters. The second-order valence-electron chi connectivity index (χ2n) is 3.67. The van der Waals surface area contributed by atoms with Crippen molar-refractivity contribution in [3.63, 3.8) is 0 Å². The van der Waals surface area contributed by atoms with Crippen molar-refractivity contribution in [1.29, 1.82) is 0 Å². The van der Waals surface area contributed by atoms with Gasteiger partial charge in [-0.2, -0.15) is 11.8 Å². The monoisotopic (exact) mass is 216 g/mol. The Bertz CT molecular complexity index is 253. The number of nitrogens with one attached hydrogen (secondary N) is 1. The molecule has 0 unspecified atom stereocenters. The Morgan fingerprint density at radius 2 is 2.07 bits per heavy atom. The fraction of sp³-hybridized carbons (Fsp3) is 0.778. The fourth-order valence-electron chi connectivity index (χ4n) is 1.38. The molecule has 0 spiro atoms. The van der Waals surface area contributed by atoms with Gasteiger partial charge in [-0.25, -0.2) is 4.79 Å². The van der Waals surface area contributed by atoms with Crippen molar-refractivity contribution in [3.05, 3.63) is 0 Å². The van der Waals surface area contributed by atoms with Crippen LogP contribution in [0.15, 0.2) is 0 Å². The number of hydrogen-bond acceptors (Lipinski definition) is 3. The SMILES string of the molecule is CCSCCN1C(=O)NC(=O)C1(C)C. The van der Waals surface area contributed by atoms with E-state index in [4.69, 9.17) is 0 Å². The highest BCUT2D eigenvalue weighted by molar-refractivity contribution is 7.99. The predicted octanol–water partition coefficient (Wildman–Crippen LogP) is 1.07.